The summed E-state index contributed by atoms with van der Waals surface area (Å²) in [5.41, 5.74) is 5.80. The van der Waals surface area contributed by atoms with Crippen molar-refractivity contribution in [2.24, 2.45) is 5.73 Å². The van der Waals surface area contributed by atoms with Crippen molar-refractivity contribution in [2.75, 3.05) is 6.54 Å². The molecule has 0 fully saturated rings. The van der Waals surface area contributed by atoms with E-state index in [0.717, 1.165) is 0 Å². The largest absolute Gasteiger partial charge is 0.481 e. The quantitative estimate of drug-likeness (QED) is 0.841. The Bertz CT molecular complexity index is 289. The average Bonchev–Trinajstić information content (AvgIpc) is 2.37. The molecule has 1 atom stereocenters. The number of carbonyl (C=O) groups is 1. The predicted octanol–water partition coefficient (Wildman–Crippen LogP) is 1.03. The molecule has 4 nitrogen and oxygen atoms in total. The first-order chi connectivity index (χ1) is 5.65. The van der Waals surface area contributed by atoms with E-state index < -0.39 is 11.9 Å². The molecule has 1 rings (SSSR count). The van der Waals surface area contributed by atoms with E-state index in [4.69, 9.17) is 10.8 Å². The number of aromatic nitrogens is 1. The molecule has 0 radical (unpaired) electrons. The number of carboxylic acids is 1. The van der Waals surface area contributed by atoms with E-state index in [1.807, 2.05) is 0 Å². The summed E-state index contributed by atoms with van der Waals surface area (Å²) in [5.74, 6) is -1.62. The van der Waals surface area contributed by atoms with E-state index in [0.29, 0.717) is 9.61 Å². The summed E-state index contributed by atoms with van der Waals surface area (Å²) in [7, 11) is 0. The first-order valence-electron chi connectivity index (χ1n) is 3.19. The minimum absolute atomic E-state index is 0.0749. The summed E-state index contributed by atoms with van der Waals surface area (Å²) in [6.45, 7) is 0.0749. The zero-order chi connectivity index (χ0) is 9.14. The second-order valence-electron chi connectivity index (χ2n) is 2.15. The third-order valence-corrected chi connectivity index (χ3v) is 2.77. The maximum absolute atomic E-state index is 10.6. The van der Waals surface area contributed by atoms with Crippen LogP contribution in [0.15, 0.2) is 9.30 Å². The fourth-order valence-electron chi connectivity index (χ4n) is 0.771. The van der Waals surface area contributed by atoms with E-state index in [9.17, 15) is 4.79 Å². The average molecular weight is 251 g/mol. The molecule has 0 aromatic carbocycles. The molecule has 66 valence electrons. The van der Waals surface area contributed by atoms with Crippen LogP contribution >= 0.6 is 27.3 Å². The van der Waals surface area contributed by atoms with E-state index in [1.165, 1.54) is 11.3 Å². The predicted molar refractivity (Wildman–Crippen MR) is 49.2 cm³/mol. The SMILES string of the molecule is NCC(C(=O)O)c1csc(Br)n1. The lowest BCUT2D eigenvalue weighted by Gasteiger charge is -2.04. The summed E-state index contributed by atoms with van der Waals surface area (Å²) >= 11 is 4.50. The smallest absolute Gasteiger partial charge is 0.313 e. The van der Waals surface area contributed by atoms with Gasteiger partial charge in [0.2, 0.25) is 0 Å². The number of nitrogens with two attached hydrogens (primary N) is 1. The summed E-state index contributed by atoms with van der Waals surface area (Å²) in [6.07, 6.45) is 0. The number of thiazole rings is 1. The Morgan fingerprint density at radius 3 is 2.92 bits per heavy atom. The van der Waals surface area contributed by atoms with Crippen molar-refractivity contribution in [3.05, 3.63) is 15.0 Å². The van der Waals surface area contributed by atoms with Crippen molar-refractivity contribution in [1.82, 2.24) is 4.98 Å². The van der Waals surface area contributed by atoms with Gasteiger partial charge in [-0.05, 0) is 15.9 Å². The van der Waals surface area contributed by atoms with Crippen LogP contribution in [0.2, 0.25) is 0 Å². The van der Waals surface area contributed by atoms with Crippen LogP contribution in [0.25, 0.3) is 0 Å². The Kier molecular flexibility index (Phi) is 3.19. The van der Waals surface area contributed by atoms with Gasteiger partial charge in [-0.2, -0.15) is 0 Å². The van der Waals surface area contributed by atoms with E-state index in [-0.39, 0.29) is 6.54 Å². The number of halogens is 1. The molecule has 0 aliphatic heterocycles. The number of rotatable bonds is 3. The molecule has 1 unspecified atom stereocenters. The van der Waals surface area contributed by atoms with Gasteiger partial charge >= 0.3 is 5.97 Å². The number of carboxylic acid groups (broad SMARTS) is 1. The highest BCUT2D eigenvalue weighted by Crippen LogP contribution is 2.21. The minimum atomic E-state index is -0.935. The first-order valence-corrected chi connectivity index (χ1v) is 4.86. The van der Waals surface area contributed by atoms with Crippen molar-refractivity contribution in [3.63, 3.8) is 0 Å². The summed E-state index contributed by atoms with van der Waals surface area (Å²) in [6, 6.07) is 0. The molecule has 0 bridgehead atoms. The molecular weight excluding hydrogens is 244 g/mol. The topological polar surface area (TPSA) is 76.2 Å². The highest BCUT2D eigenvalue weighted by atomic mass is 79.9. The molecule has 1 heterocycles. The molecular formula is C6H7BrN2O2S. The summed E-state index contributed by atoms with van der Waals surface area (Å²) in [4.78, 5) is 14.6. The molecule has 3 N–H and O–H groups in total. The maximum Gasteiger partial charge on any atom is 0.313 e. The summed E-state index contributed by atoms with van der Waals surface area (Å²) < 4.78 is 0.678. The van der Waals surface area contributed by atoms with E-state index in [1.54, 1.807) is 5.38 Å². The van der Waals surface area contributed by atoms with Crippen LogP contribution in [0.4, 0.5) is 0 Å². The lowest BCUT2D eigenvalue weighted by atomic mass is 10.1. The first kappa shape index (κ1) is 9.63. The zero-order valence-electron chi connectivity index (χ0n) is 6.03. The summed E-state index contributed by atoms with van der Waals surface area (Å²) in [5, 5.41) is 10.4. The molecule has 0 saturated carbocycles. The van der Waals surface area contributed by atoms with Crippen LogP contribution in [-0.4, -0.2) is 22.6 Å². The molecule has 0 saturated heterocycles. The van der Waals surface area contributed by atoms with Crippen LogP contribution in [0.1, 0.15) is 11.6 Å². The standard InChI is InChI=1S/C6H7BrN2O2S/c7-6-9-4(2-12-6)3(1-8)5(10)11/h2-3H,1,8H2,(H,10,11). The second kappa shape index (κ2) is 3.97. The maximum atomic E-state index is 10.6. The Labute approximate surface area is 81.5 Å². The molecule has 0 amide bonds. The Balaban J connectivity index is 2.87. The van der Waals surface area contributed by atoms with Gasteiger partial charge in [-0.1, -0.05) is 0 Å². The fourth-order valence-corrected chi connectivity index (χ4v) is 1.85. The highest BCUT2D eigenvalue weighted by Gasteiger charge is 2.20. The monoisotopic (exact) mass is 250 g/mol. The van der Waals surface area contributed by atoms with Crippen molar-refractivity contribution in [2.45, 2.75) is 5.92 Å². The van der Waals surface area contributed by atoms with Gasteiger partial charge in [-0.25, -0.2) is 4.98 Å². The minimum Gasteiger partial charge on any atom is -0.481 e. The second-order valence-corrected chi connectivity index (χ2v) is 4.29. The zero-order valence-corrected chi connectivity index (χ0v) is 8.43. The lowest BCUT2D eigenvalue weighted by Crippen LogP contribution is -2.21. The van der Waals surface area contributed by atoms with Crippen LogP contribution in [0.5, 0.6) is 0 Å². The molecule has 0 spiro atoms. The highest BCUT2D eigenvalue weighted by molar-refractivity contribution is 9.11. The van der Waals surface area contributed by atoms with Gasteiger partial charge in [0.15, 0.2) is 3.92 Å². The van der Waals surface area contributed by atoms with E-state index >= 15 is 0 Å². The Morgan fingerprint density at radius 1 is 1.92 bits per heavy atom. The lowest BCUT2D eigenvalue weighted by molar-refractivity contribution is -0.138. The number of hydrogen-bond donors (Lipinski definition) is 2. The van der Waals surface area contributed by atoms with Crippen molar-refractivity contribution >= 4 is 33.2 Å². The van der Waals surface area contributed by atoms with Gasteiger partial charge < -0.3 is 10.8 Å². The van der Waals surface area contributed by atoms with Gasteiger partial charge in [-0.3, -0.25) is 4.79 Å². The van der Waals surface area contributed by atoms with Crippen LogP contribution in [-0.2, 0) is 4.79 Å². The molecule has 0 aliphatic rings. The van der Waals surface area contributed by atoms with Gasteiger partial charge in [-0.15, -0.1) is 11.3 Å². The number of hydrogen-bond acceptors (Lipinski definition) is 4. The molecule has 1 aromatic rings. The molecule has 1 aromatic heterocycles. The van der Waals surface area contributed by atoms with Crippen LogP contribution in [0, 0.1) is 0 Å². The van der Waals surface area contributed by atoms with Gasteiger partial charge in [0.05, 0.1) is 5.69 Å². The Morgan fingerprint density at radius 2 is 2.58 bits per heavy atom. The van der Waals surface area contributed by atoms with Crippen LogP contribution in [0.3, 0.4) is 0 Å². The Hall–Kier alpha value is -0.460. The third kappa shape index (κ3) is 2.02. The van der Waals surface area contributed by atoms with Crippen molar-refractivity contribution < 1.29 is 9.90 Å². The molecule has 0 aliphatic carbocycles. The number of aliphatic carboxylic acids is 1. The van der Waals surface area contributed by atoms with Gasteiger partial charge in [0.25, 0.3) is 0 Å². The van der Waals surface area contributed by atoms with Crippen molar-refractivity contribution in [1.29, 1.82) is 0 Å². The molecule has 12 heavy (non-hydrogen) atoms. The third-order valence-electron chi connectivity index (χ3n) is 1.38. The van der Waals surface area contributed by atoms with Crippen molar-refractivity contribution in [3.8, 4) is 0 Å². The van der Waals surface area contributed by atoms with Gasteiger partial charge in [0, 0.05) is 11.9 Å². The van der Waals surface area contributed by atoms with E-state index in [2.05, 4.69) is 20.9 Å². The fraction of sp³-hybridized carbons (Fsp3) is 0.333. The number of nitrogens with zero attached hydrogens (tertiary/aromatic N) is 1. The normalized spacial score (nSPS) is 12.8. The van der Waals surface area contributed by atoms with Gasteiger partial charge in [0.1, 0.15) is 5.92 Å². The molecule has 6 heteroatoms. The van der Waals surface area contributed by atoms with Crippen LogP contribution < -0.4 is 5.73 Å².